The summed E-state index contributed by atoms with van der Waals surface area (Å²) < 4.78 is 37.4. The topological polar surface area (TPSA) is 15.3 Å². The molecule has 0 amide bonds. The van der Waals surface area contributed by atoms with E-state index >= 15 is 0 Å². The molecule has 5 heteroatoms. The van der Waals surface area contributed by atoms with Crippen LogP contribution in [0, 0.1) is 5.41 Å². The van der Waals surface area contributed by atoms with Crippen LogP contribution in [-0.4, -0.2) is 42.3 Å². The Morgan fingerprint density at radius 3 is 2.28 bits per heavy atom. The van der Waals surface area contributed by atoms with E-state index in [9.17, 15) is 13.2 Å². The minimum absolute atomic E-state index is 0.0658. The van der Waals surface area contributed by atoms with Gasteiger partial charge in [0.15, 0.2) is 0 Å². The third-order valence-corrected chi connectivity index (χ3v) is 3.76. The van der Waals surface area contributed by atoms with Crippen LogP contribution in [0.15, 0.2) is 0 Å². The molecule has 0 aromatic heterocycles. The molecule has 1 saturated heterocycles. The first kappa shape index (κ1) is 15.8. The van der Waals surface area contributed by atoms with Gasteiger partial charge in [-0.05, 0) is 19.3 Å². The van der Waals surface area contributed by atoms with Gasteiger partial charge >= 0.3 is 6.18 Å². The van der Waals surface area contributed by atoms with Crippen molar-refractivity contribution in [2.75, 3.05) is 13.1 Å². The zero-order chi connectivity index (χ0) is 14.1. The van der Waals surface area contributed by atoms with Gasteiger partial charge in [-0.3, -0.25) is 4.90 Å². The molecule has 1 fully saturated rings. The molecule has 3 atom stereocenters. The van der Waals surface area contributed by atoms with Crippen LogP contribution >= 0.6 is 0 Å². The predicted molar refractivity (Wildman–Crippen MR) is 67.5 cm³/mol. The quantitative estimate of drug-likeness (QED) is 0.826. The molecule has 0 aromatic rings. The molecule has 2 nitrogen and oxygen atoms in total. The van der Waals surface area contributed by atoms with Crippen molar-refractivity contribution < 1.29 is 13.2 Å². The summed E-state index contributed by atoms with van der Waals surface area (Å²) in [5, 5.41) is 3.43. The Labute approximate surface area is 108 Å². The number of piperazine rings is 1. The predicted octanol–water partition coefficient (Wildman–Crippen LogP) is 3.04. The summed E-state index contributed by atoms with van der Waals surface area (Å²) in [5.74, 6) is 0. The second kappa shape index (κ2) is 5.37. The van der Waals surface area contributed by atoms with Crippen LogP contribution in [0.4, 0.5) is 13.2 Å². The standard InChI is InChI=1S/C13H25F3N2/c1-9(6-13(14,15)16)18-8-11(12(3,4)5)17-7-10(18)2/h9-11,17H,6-8H2,1-5H3. The second-order valence-electron chi connectivity index (χ2n) is 6.54. The lowest BCUT2D eigenvalue weighted by Gasteiger charge is -2.46. The van der Waals surface area contributed by atoms with E-state index in [4.69, 9.17) is 0 Å². The molecule has 1 aliphatic rings. The Morgan fingerprint density at radius 2 is 1.83 bits per heavy atom. The zero-order valence-electron chi connectivity index (χ0n) is 11.9. The summed E-state index contributed by atoms with van der Waals surface area (Å²) in [6.07, 6.45) is -4.81. The molecule has 1 heterocycles. The van der Waals surface area contributed by atoms with Crippen molar-refractivity contribution in [1.82, 2.24) is 10.2 Å². The summed E-state index contributed by atoms with van der Waals surface area (Å²) in [7, 11) is 0. The lowest BCUT2D eigenvalue weighted by atomic mass is 9.84. The summed E-state index contributed by atoms with van der Waals surface area (Å²) >= 11 is 0. The van der Waals surface area contributed by atoms with E-state index in [1.165, 1.54) is 0 Å². The second-order valence-corrected chi connectivity index (χ2v) is 6.54. The Balaban J connectivity index is 2.68. The van der Waals surface area contributed by atoms with Crippen LogP contribution < -0.4 is 5.32 Å². The number of nitrogens with one attached hydrogen (secondary N) is 1. The van der Waals surface area contributed by atoms with Gasteiger partial charge in [-0.15, -0.1) is 0 Å². The van der Waals surface area contributed by atoms with E-state index in [0.29, 0.717) is 6.54 Å². The van der Waals surface area contributed by atoms with Gasteiger partial charge in [0.1, 0.15) is 0 Å². The van der Waals surface area contributed by atoms with Crippen molar-refractivity contribution in [3.05, 3.63) is 0 Å². The van der Waals surface area contributed by atoms with Crippen LogP contribution in [0.5, 0.6) is 0 Å². The third-order valence-electron chi connectivity index (χ3n) is 3.76. The molecule has 0 aliphatic carbocycles. The van der Waals surface area contributed by atoms with Crippen LogP contribution in [0.3, 0.4) is 0 Å². The molecule has 3 unspecified atom stereocenters. The van der Waals surface area contributed by atoms with E-state index < -0.39 is 18.6 Å². The van der Waals surface area contributed by atoms with Gasteiger partial charge < -0.3 is 5.32 Å². The molecule has 108 valence electrons. The van der Waals surface area contributed by atoms with Gasteiger partial charge in [0, 0.05) is 31.2 Å². The van der Waals surface area contributed by atoms with Crippen molar-refractivity contribution >= 4 is 0 Å². The van der Waals surface area contributed by atoms with E-state index in [1.54, 1.807) is 6.92 Å². The fourth-order valence-corrected chi connectivity index (χ4v) is 2.53. The summed E-state index contributed by atoms with van der Waals surface area (Å²) in [4.78, 5) is 1.99. The Hall–Kier alpha value is -0.290. The third kappa shape index (κ3) is 4.43. The van der Waals surface area contributed by atoms with Crippen molar-refractivity contribution in [3.63, 3.8) is 0 Å². The molecule has 1 rings (SSSR count). The van der Waals surface area contributed by atoms with Gasteiger partial charge in [0.25, 0.3) is 0 Å². The monoisotopic (exact) mass is 266 g/mol. The normalized spacial score (nSPS) is 29.3. The van der Waals surface area contributed by atoms with Crippen LogP contribution in [0.2, 0.25) is 0 Å². The molecule has 0 bridgehead atoms. The molecule has 0 radical (unpaired) electrons. The van der Waals surface area contributed by atoms with Crippen molar-refractivity contribution in [2.45, 2.75) is 65.3 Å². The number of nitrogens with zero attached hydrogens (tertiary/aromatic N) is 1. The highest BCUT2D eigenvalue weighted by Crippen LogP contribution is 2.28. The Kier molecular flexibility index (Phi) is 4.70. The van der Waals surface area contributed by atoms with Gasteiger partial charge in [0.05, 0.1) is 6.42 Å². The number of alkyl halides is 3. The van der Waals surface area contributed by atoms with E-state index in [2.05, 4.69) is 26.1 Å². The maximum atomic E-state index is 12.5. The summed E-state index contributed by atoms with van der Waals surface area (Å²) in [5.41, 5.74) is 0.0658. The average molecular weight is 266 g/mol. The zero-order valence-corrected chi connectivity index (χ0v) is 11.9. The average Bonchev–Trinajstić information content (AvgIpc) is 2.13. The lowest BCUT2D eigenvalue weighted by molar-refractivity contribution is -0.149. The van der Waals surface area contributed by atoms with E-state index in [0.717, 1.165) is 6.54 Å². The number of hydrogen-bond acceptors (Lipinski definition) is 2. The highest BCUT2D eigenvalue weighted by atomic mass is 19.4. The molecule has 18 heavy (non-hydrogen) atoms. The largest absolute Gasteiger partial charge is 0.390 e. The van der Waals surface area contributed by atoms with Gasteiger partial charge in [-0.25, -0.2) is 0 Å². The molecular weight excluding hydrogens is 241 g/mol. The Morgan fingerprint density at radius 1 is 1.28 bits per heavy atom. The number of hydrogen-bond donors (Lipinski definition) is 1. The lowest BCUT2D eigenvalue weighted by Crippen LogP contribution is -2.61. The molecular formula is C13H25F3N2. The molecule has 1 N–H and O–H groups in total. The summed E-state index contributed by atoms with van der Waals surface area (Å²) in [6.45, 7) is 11.5. The van der Waals surface area contributed by atoms with Crippen molar-refractivity contribution in [1.29, 1.82) is 0 Å². The maximum absolute atomic E-state index is 12.5. The summed E-state index contributed by atoms with van der Waals surface area (Å²) in [6, 6.07) is -0.0581. The van der Waals surface area contributed by atoms with Crippen LogP contribution in [0.25, 0.3) is 0 Å². The SMILES string of the molecule is CC1CNC(C(C)(C)C)CN1C(C)CC(F)(F)F. The van der Waals surface area contributed by atoms with E-state index in [1.807, 2.05) is 11.8 Å². The number of rotatable bonds is 2. The highest BCUT2D eigenvalue weighted by molar-refractivity contribution is 4.92. The van der Waals surface area contributed by atoms with Gasteiger partial charge in [0.2, 0.25) is 0 Å². The smallest absolute Gasteiger partial charge is 0.311 e. The van der Waals surface area contributed by atoms with E-state index in [-0.39, 0.29) is 17.5 Å². The van der Waals surface area contributed by atoms with Crippen molar-refractivity contribution in [3.8, 4) is 0 Å². The first-order chi connectivity index (χ1) is 8.00. The van der Waals surface area contributed by atoms with Gasteiger partial charge in [-0.1, -0.05) is 20.8 Å². The first-order valence-electron chi connectivity index (χ1n) is 6.56. The highest BCUT2D eigenvalue weighted by Gasteiger charge is 2.38. The number of halogens is 3. The van der Waals surface area contributed by atoms with Crippen LogP contribution in [-0.2, 0) is 0 Å². The fourth-order valence-electron chi connectivity index (χ4n) is 2.53. The molecule has 1 aliphatic heterocycles. The maximum Gasteiger partial charge on any atom is 0.390 e. The minimum atomic E-state index is -4.08. The van der Waals surface area contributed by atoms with Crippen LogP contribution in [0.1, 0.15) is 41.0 Å². The molecule has 0 aromatic carbocycles. The van der Waals surface area contributed by atoms with Crippen molar-refractivity contribution in [2.24, 2.45) is 5.41 Å². The Bertz CT molecular complexity index is 270. The molecule has 0 saturated carbocycles. The first-order valence-corrected chi connectivity index (χ1v) is 6.56. The minimum Gasteiger partial charge on any atom is -0.311 e. The van der Waals surface area contributed by atoms with Gasteiger partial charge in [-0.2, -0.15) is 13.2 Å². The fraction of sp³-hybridized carbons (Fsp3) is 1.00. The molecule has 0 spiro atoms.